The van der Waals surface area contributed by atoms with E-state index in [-0.39, 0.29) is 0 Å². The molecule has 0 atom stereocenters. The van der Waals surface area contributed by atoms with Crippen molar-refractivity contribution in [3.05, 3.63) is 240 Å². The molecule has 4 nitrogen and oxygen atoms in total. The first-order valence-corrected chi connectivity index (χ1v) is 21.1. The topological polar surface area (TPSA) is 51.6 Å². The van der Waals surface area contributed by atoms with E-state index in [4.69, 9.17) is 15.0 Å². The molecule has 0 saturated heterocycles. The van der Waals surface area contributed by atoms with E-state index in [0.29, 0.717) is 17.5 Å². The van der Waals surface area contributed by atoms with Crippen molar-refractivity contribution < 1.29 is 0 Å². The lowest BCUT2D eigenvalue weighted by molar-refractivity contribution is 0.794. The fraction of sp³-hybridized carbons (Fsp3) is 0.0345. The second-order valence-corrected chi connectivity index (χ2v) is 16.3. The van der Waals surface area contributed by atoms with Gasteiger partial charge in [0, 0.05) is 34.6 Å². The third-order valence-electron chi connectivity index (χ3n) is 12.7. The number of nitrogens with zero attached hydrogens (tertiary/aromatic N) is 4. The second kappa shape index (κ2) is 14.3. The summed E-state index contributed by atoms with van der Waals surface area (Å²) < 4.78 is 0. The van der Waals surface area contributed by atoms with Crippen LogP contribution in [0.4, 0.5) is 0 Å². The zero-order valence-corrected chi connectivity index (χ0v) is 34.0. The third-order valence-corrected chi connectivity index (χ3v) is 12.7. The molecular formula is C58H38N4. The summed E-state index contributed by atoms with van der Waals surface area (Å²) >= 11 is 0. The van der Waals surface area contributed by atoms with Crippen LogP contribution in [-0.2, 0) is 5.41 Å². The van der Waals surface area contributed by atoms with E-state index >= 15 is 0 Å². The van der Waals surface area contributed by atoms with Crippen molar-refractivity contribution in [1.29, 1.82) is 0 Å². The van der Waals surface area contributed by atoms with E-state index in [2.05, 4.69) is 188 Å². The Balaban J connectivity index is 1.16. The van der Waals surface area contributed by atoms with Crippen molar-refractivity contribution in [3.8, 4) is 89.8 Å². The Labute approximate surface area is 361 Å². The third kappa shape index (κ3) is 5.61. The van der Waals surface area contributed by atoms with Gasteiger partial charge in [0.2, 0.25) is 0 Å². The molecule has 1 spiro atoms. The number of hydrogen-bond acceptors (Lipinski definition) is 4. The Kier molecular flexibility index (Phi) is 8.26. The highest BCUT2D eigenvalue weighted by Crippen LogP contribution is 2.63. The summed E-state index contributed by atoms with van der Waals surface area (Å²) in [4.78, 5) is 20.5. The summed E-state index contributed by atoms with van der Waals surface area (Å²) in [5.41, 5.74) is 20.0. The fourth-order valence-corrected chi connectivity index (χ4v) is 9.95. The first-order chi connectivity index (χ1) is 30.6. The molecule has 62 heavy (non-hydrogen) atoms. The normalized spacial score (nSPS) is 12.7. The predicted molar refractivity (Wildman–Crippen MR) is 251 cm³/mol. The summed E-state index contributed by atoms with van der Waals surface area (Å²) in [6.07, 6.45) is 3.85. The molecule has 0 N–H and O–H groups in total. The van der Waals surface area contributed by atoms with Crippen LogP contribution in [0.3, 0.4) is 0 Å². The fourth-order valence-electron chi connectivity index (χ4n) is 9.95. The van der Waals surface area contributed by atoms with Gasteiger partial charge in [-0.3, -0.25) is 4.98 Å². The van der Waals surface area contributed by atoms with Crippen molar-refractivity contribution >= 4 is 0 Å². The van der Waals surface area contributed by atoms with Crippen molar-refractivity contribution in [2.24, 2.45) is 0 Å². The lowest BCUT2D eigenvalue weighted by Gasteiger charge is -2.31. The van der Waals surface area contributed by atoms with Crippen molar-refractivity contribution in [1.82, 2.24) is 19.9 Å². The molecule has 12 rings (SSSR count). The number of pyridine rings is 1. The van der Waals surface area contributed by atoms with Crippen molar-refractivity contribution in [2.45, 2.75) is 12.3 Å². The standard InChI is InChI=1S/C58H38N4/c1-37-30-44(36-59-35-37)41-21-14-22-42(31-41)48-34-54-49(47-26-10-13-29-53(47)58(54)51-27-11-8-24-45(51)46-25-9-12-28-52(46)58)33-50(48)57-61-55(39-18-6-3-7-19-39)60-56(62-57)43-23-15-20-40(32-43)38-16-4-2-5-17-38/h2-36H,1H3. The minimum absolute atomic E-state index is 0.512. The summed E-state index contributed by atoms with van der Waals surface area (Å²) in [5.74, 6) is 1.86. The lowest BCUT2D eigenvalue weighted by Crippen LogP contribution is -2.25. The summed E-state index contributed by atoms with van der Waals surface area (Å²) in [7, 11) is 0. The van der Waals surface area contributed by atoms with Crippen LogP contribution >= 0.6 is 0 Å². The number of hydrogen-bond donors (Lipinski definition) is 0. The van der Waals surface area contributed by atoms with E-state index in [1.165, 1.54) is 44.5 Å². The van der Waals surface area contributed by atoms with Gasteiger partial charge >= 0.3 is 0 Å². The van der Waals surface area contributed by atoms with Gasteiger partial charge in [0.1, 0.15) is 0 Å². The van der Waals surface area contributed by atoms with E-state index in [9.17, 15) is 0 Å². The maximum atomic E-state index is 5.42. The van der Waals surface area contributed by atoms with Crippen LogP contribution in [0.5, 0.6) is 0 Å². The molecule has 0 saturated carbocycles. The number of benzene rings is 8. The van der Waals surface area contributed by atoms with Crippen molar-refractivity contribution in [2.75, 3.05) is 0 Å². The van der Waals surface area contributed by atoms with Gasteiger partial charge < -0.3 is 0 Å². The molecule has 0 aliphatic heterocycles. The highest BCUT2D eigenvalue weighted by atomic mass is 15.0. The molecular weight excluding hydrogens is 753 g/mol. The highest BCUT2D eigenvalue weighted by molar-refractivity contribution is 5.99. The van der Waals surface area contributed by atoms with Gasteiger partial charge in [-0.2, -0.15) is 0 Å². The van der Waals surface area contributed by atoms with Gasteiger partial charge in [-0.1, -0.05) is 170 Å². The maximum Gasteiger partial charge on any atom is 0.164 e. The lowest BCUT2D eigenvalue weighted by atomic mass is 9.70. The van der Waals surface area contributed by atoms with Crippen molar-refractivity contribution in [3.63, 3.8) is 0 Å². The van der Waals surface area contributed by atoms with Gasteiger partial charge in [-0.15, -0.1) is 0 Å². The molecule has 0 unspecified atom stereocenters. The monoisotopic (exact) mass is 790 g/mol. The van der Waals surface area contributed by atoms with E-state index in [1.54, 1.807) is 0 Å². The molecule has 4 heteroatoms. The Morgan fingerprint density at radius 1 is 0.290 bits per heavy atom. The Morgan fingerprint density at radius 3 is 1.42 bits per heavy atom. The first kappa shape index (κ1) is 35.8. The van der Waals surface area contributed by atoms with Gasteiger partial charge in [0.25, 0.3) is 0 Å². The molecule has 0 radical (unpaired) electrons. The predicted octanol–water partition coefficient (Wildman–Crippen LogP) is 13.9. The molecule has 2 aliphatic rings. The number of aromatic nitrogens is 4. The summed E-state index contributed by atoms with van der Waals surface area (Å²) in [5, 5.41) is 0. The minimum atomic E-state index is -0.512. The molecule has 2 heterocycles. The zero-order chi connectivity index (χ0) is 41.2. The average molecular weight is 791 g/mol. The molecule has 290 valence electrons. The molecule has 0 fully saturated rings. The highest BCUT2D eigenvalue weighted by Gasteiger charge is 2.51. The van der Waals surface area contributed by atoms with Gasteiger partial charge in [-0.05, 0) is 115 Å². The molecule has 2 aromatic heterocycles. The van der Waals surface area contributed by atoms with Gasteiger partial charge in [0.15, 0.2) is 17.5 Å². The molecule has 10 aromatic rings. The minimum Gasteiger partial charge on any atom is -0.264 e. The smallest absolute Gasteiger partial charge is 0.164 e. The SMILES string of the molecule is Cc1cncc(-c2cccc(-c3cc4c(cc3-c3nc(-c5ccccc5)nc(-c5cccc(-c6ccccc6)c5)n3)-c3ccccc3C43c4ccccc4-c4ccccc43)c2)c1. The van der Waals surface area contributed by atoms with Crippen LogP contribution in [0.1, 0.15) is 27.8 Å². The van der Waals surface area contributed by atoms with Crippen LogP contribution in [-0.4, -0.2) is 19.9 Å². The second-order valence-electron chi connectivity index (χ2n) is 16.3. The Bertz CT molecular complexity index is 3330. The van der Waals surface area contributed by atoms with Crippen LogP contribution in [0.2, 0.25) is 0 Å². The average Bonchev–Trinajstić information content (AvgIpc) is 3.81. The van der Waals surface area contributed by atoms with Crippen LogP contribution in [0.15, 0.2) is 213 Å². The first-order valence-electron chi connectivity index (χ1n) is 21.1. The largest absolute Gasteiger partial charge is 0.264 e. The molecule has 0 amide bonds. The van der Waals surface area contributed by atoms with Crippen LogP contribution in [0.25, 0.3) is 89.8 Å². The Morgan fingerprint density at radius 2 is 0.774 bits per heavy atom. The van der Waals surface area contributed by atoms with E-state index in [0.717, 1.165) is 55.6 Å². The van der Waals surface area contributed by atoms with E-state index in [1.807, 2.05) is 36.7 Å². The number of aryl methyl sites for hydroxylation is 1. The quantitative estimate of drug-likeness (QED) is 0.168. The number of fused-ring (bicyclic) bond motifs is 10. The maximum absolute atomic E-state index is 5.42. The van der Waals surface area contributed by atoms with Gasteiger partial charge in [0.05, 0.1) is 5.41 Å². The van der Waals surface area contributed by atoms with Gasteiger partial charge in [-0.25, -0.2) is 15.0 Å². The van der Waals surface area contributed by atoms with E-state index < -0.39 is 5.41 Å². The van der Waals surface area contributed by atoms with Crippen LogP contribution in [0, 0.1) is 6.92 Å². The molecule has 8 aromatic carbocycles. The molecule has 0 bridgehead atoms. The van der Waals surface area contributed by atoms with Crippen LogP contribution < -0.4 is 0 Å². The molecule has 2 aliphatic carbocycles. The summed E-state index contributed by atoms with van der Waals surface area (Å²) in [6.45, 7) is 2.09. The Hall–Kier alpha value is -8.08. The summed E-state index contributed by atoms with van der Waals surface area (Å²) in [6, 6.07) is 71.9. The zero-order valence-electron chi connectivity index (χ0n) is 34.0. The number of rotatable bonds is 6.